The van der Waals surface area contributed by atoms with Crippen LogP contribution in [0.5, 0.6) is 5.75 Å². The van der Waals surface area contributed by atoms with Gasteiger partial charge in [0.1, 0.15) is 5.75 Å². The summed E-state index contributed by atoms with van der Waals surface area (Å²) in [5.41, 5.74) is 2.61. The smallest absolute Gasteiger partial charge is 0.118 e. The van der Waals surface area contributed by atoms with E-state index in [9.17, 15) is 5.11 Å². The fourth-order valence-electron chi connectivity index (χ4n) is 1.03. The van der Waals surface area contributed by atoms with E-state index < -0.39 is 0 Å². The molecule has 0 bridgehead atoms. The highest BCUT2D eigenvalue weighted by Gasteiger charge is 2.01. The summed E-state index contributed by atoms with van der Waals surface area (Å²) in [5, 5.41) is 18.1. The van der Waals surface area contributed by atoms with Crippen molar-refractivity contribution >= 4 is 0 Å². The monoisotopic (exact) mass is 152 g/mol. The number of aliphatic hydroxyl groups is 1. The predicted molar refractivity (Wildman–Crippen MR) is 43.5 cm³/mol. The third kappa shape index (κ3) is 1.52. The van der Waals surface area contributed by atoms with E-state index in [1.165, 1.54) is 0 Å². The van der Waals surface area contributed by atoms with Crippen molar-refractivity contribution in [3.05, 3.63) is 28.8 Å². The normalized spacial score (nSPS) is 10.1. The minimum absolute atomic E-state index is 0.0347. The molecular formula is C9H12O2. The van der Waals surface area contributed by atoms with Crippen molar-refractivity contribution in [2.75, 3.05) is 0 Å². The molecule has 0 aromatic heterocycles. The number of phenolic OH excluding ortho intramolecular Hbond substituents is 1. The Kier molecular flexibility index (Phi) is 2.15. The standard InChI is InChI=1S/C9H12O2/c1-6-4-9(11)7(2)3-8(6)5-10/h3-4,10-11H,5H2,1-2H3. The number of aryl methyl sites for hydroxylation is 2. The van der Waals surface area contributed by atoms with Crippen molar-refractivity contribution in [3.8, 4) is 5.75 Å². The first kappa shape index (κ1) is 8.08. The van der Waals surface area contributed by atoms with Crippen molar-refractivity contribution in [3.63, 3.8) is 0 Å². The van der Waals surface area contributed by atoms with Gasteiger partial charge in [-0.3, -0.25) is 0 Å². The molecule has 2 N–H and O–H groups in total. The molecule has 2 nitrogen and oxygen atoms in total. The molecule has 11 heavy (non-hydrogen) atoms. The molecule has 0 radical (unpaired) electrons. The van der Waals surface area contributed by atoms with Crippen LogP contribution in [0.1, 0.15) is 16.7 Å². The minimum Gasteiger partial charge on any atom is -0.508 e. The molecular weight excluding hydrogens is 140 g/mol. The van der Waals surface area contributed by atoms with E-state index >= 15 is 0 Å². The van der Waals surface area contributed by atoms with Gasteiger partial charge in [0.15, 0.2) is 0 Å². The van der Waals surface area contributed by atoms with Crippen LogP contribution in [0.4, 0.5) is 0 Å². The Hall–Kier alpha value is -1.02. The van der Waals surface area contributed by atoms with Crippen LogP contribution in [0.2, 0.25) is 0 Å². The minimum atomic E-state index is 0.0347. The predicted octanol–water partition coefficient (Wildman–Crippen LogP) is 1.50. The lowest BCUT2D eigenvalue weighted by Crippen LogP contribution is -1.89. The Morgan fingerprint density at radius 1 is 1.18 bits per heavy atom. The summed E-state index contributed by atoms with van der Waals surface area (Å²) in [4.78, 5) is 0. The molecule has 2 heteroatoms. The first-order chi connectivity index (χ1) is 5.15. The average Bonchev–Trinajstić information content (AvgIpc) is 1.97. The summed E-state index contributed by atoms with van der Waals surface area (Å²) < 4.78 is 0. The maximum Gasteiger partial charge on any atom is 0.118 e. The molecule has 0 aliphatic rings. The van der Waals surface area contributed by atoms with Crippen LogP contribution in [0.15, 0.2) is 12.1 Å². The molecule has 0 aliphatic heterocycles. The highest BCUT2D eigenvalue weighted by Crippen LogP contribution is 2.20. The zero-order valence-corrected chi connectivity index (χ0v) is 6.76. The average molecular weight is 152 g/mol. The van der Waals surface area contributed by atoms with Crippen molar-refractivity contribution in [2.45, 2.75) is 20.5 Å². The Bertz CT molecular complexity index is 267. The van der Waals surface area contributed by atoms with E-state index in [0.717, 1.165) is 16.7 Å². The second kappa shape index (κ2) is 2.93. The Morgan fingerprint density at radius 2 is 1.82 bits per heavy atom. The van der Waals surface area contributed by atoms with E-state index in [1.54, 1.807) is 12.1 Å². The van der Waals surface area contributed by atoms with Gasteiger partial charge in [0.2, 0.25) is 0 Å². The largest absolute Gasteiger partial charge is 0.508 e. The summed E-state index contributed by atoms with van der Waals surface area (Å²) in [6.45, 7) is 3.71. The molecule has 1 rings (SSSR count). The van der Waals surface area contributed by atoms with Crippen molar-refractivity contribution in [1.29, 1.82) is 0 Å². The molecule has 0 amide bonds. The molecule has 0 saturated carbocycles. The number of hydrogen-bond donors (Lipinski definition) is 2. The molecule has 0 unspecified atom stereocenters. The summed E-state index contributed by atoms with van der Waals surface area (Å²) in [5.74, 6) is 0.291. The quantitative estimate of drug-likeness (QED) is 0.640. The fourth-order valence-corrected chi connectivity index (χ4v) is 1.03. The molecule has 0 spiro atoms. The lowest BCUT2D eigenvalue weighted by Gasteiger charge is -2.05. The molecule has 0 heterocycles. The van der Waals surface area contributed by atoms with E-state index in [0.29, 0.717) is 5.75 Å². The molecule has 1 aromatic rings. The topological polar surface area (TPSA) is 40.5 Å². The molecule has 0 saturated heterocycles. The Morgan fingerprint density at radius 3 is 2.36 bits per heavy atom. The van der Waals surface area contributed by atoms with Crippen LogP contribution in [0.3, 0.4) is 0 Å². The second-order valence-corrected chi connectivity index (χ2v) is 2.72. The Labute approximate surface area is 66.1 Å². The van der Waals surface area contributed by atoms with Gasteiger partial charge in [0.25, 0.3) is 0 Å². The SMILES string of the molecule is Cc1cc(CO)c(C)cc1O. The van der Waals surface area contributed by atoms with Crippen LogP contribution in [0.25, 0.3) is 0 Å². The van der Waals surface area contributed by atoms with Crippen LogP contribution in [0, 0.1) is 13.8 Å². The number of benzene rings is 1. The molecule has 0 aliphatic carbocycles. The van der Waals surface area contributed by atoms with Gasteiger partial charge in [0.05, 0.1) is 6.61 Å². The van der Waals surface area contributed by atoms with Crippen LogP contribution in [-0.2, 0) is 6.61 Å². The first-order valence-corrected chi connectivity index (χ1v) is 3.55. The maximum atomic E-state index is 9.24. The van der Waals surface area contributed by atoms with Gasteiger partial charge in [-0.1, -0.05) is 0 Å². The molecule has 1 aromatic carbocycles. The van der Waals surface area contributed by atoms with Gasteiger partial charge in [-0.25, -0.2) is 0 Å². The zero-order chi connectivity index (χ0) is 8.43. The van der Waals surface area contributed by atoms with Crippen molar-refractivity contribution in [1.82, 2.24) is 0 Å². The van der Waals surface area contributed by atoms with Gasteiger partial charge in [-0.15, -0.1) is 0 Å². The lowest BCUT2D eigenvalue weighted by atomic mass is 10.1. The lowest BCUT2D eigenvalue weighted by molar-refractivity contribution is 0.281. The van der Waals surface area contributed by atoms with Crippen LogP contribution >= 0.6 is 0 Å². The summed E-state index contributed by atoms with van der Waals surface area (Å²) in [6, 6.07) is 3.46. The first-order valence-electron chi connectivity index (χ1n) is 3.55. The van der Waals surface area contributed by atoms with Crippen LogP contribution < -0.4 is 0 Å². The van der Waals surface area contributed by atoms with E-state index in [2.05, 4.69) is 0 Å². The summed E-state index contributed by atoms with van der Waals surface area (Å²) in [6.07, 6.45) is 0. The molecule has 0 atom stereocenters. The summed E-state index contributed by atoms with van der Waals surface area (Å²) >= 11 is 0. The van der Waals surface area contributed by atoms with Gasteiger partial charge < -0.3 is 10.2 Å². The third-order valence-corrected chi connectivity index (χ3v) is 1.82. The molecule has 0 fully saturated rings. The number of rotatable bonds is 1. The number of aromatic hydroxyl groups is 1. The highest BCUT2D eigenvalue weighted by molar-refractivity contribution is 5.40. The number of hydrogen-bond acceptors (Lipinski definition) is 2. The summed E-state index contributed by atoms with van der Waals surface area (Å²) in [7, 11) is 0. The van der Waals surface area contributed by atoms with Crippen molar-refractivity contribution < 1.29 is 10.2 Å². The second-order valence-electron chi connectivity index (χ2n) is 2.72. The third-order valence-electron chi connectivity index (χ3n) is 1.82. The molecule has 60 valence electrons. The number of phenols is 1. The van der Waals surface area contributed by atoms with Gasteiger partial charge in [0, 0.05) is 0 Å². The number of aliphatic hydroxyl groups excluding tert-OH is 1. The Balaban J connectivity index is 3.21. The van der Waals surface area contributed by atoms with E-state index in [1.807, 2.05) is 13.8 Å². The van der Waals surface area contributed by atoms with E-state index in [4.69, 9.17) is 5.11 Å². The zero-order valence-electron chi connectivity index (χ0n) is 6.76. The van der Waals surface area contributed by atoms with Gasteiger partial charge >= 0.3 is 0 Å². The van der Waals surface area contributed by atoms with Gasteiger partial charge in [-0.05, 0) is 42.7 Å². The van der Waals surface area contributed by atoms with Gasteiger partial charge in [-0.2, -0.15) is 0 Å². The maximum absolute atomic E-state index is 9.24. The fraction of sp³-hybridized carbons (Fsp3) is 0.333. The van der Waals surface area contributed by atoms with Crippen LogP contribution in [-0.4, -0.2) is 10.2 Å². The van der Waals surface area contributed by atoms with E-state index in [-0.39, 0.29) is 6.61 Å². The highest BCUT2D eigenvalue weighted by atomic mass is 16.3. The van der Waals surface area contributed by atoms with Crippen molar-refractivity contribution in [2.24, 2.45) is 0 Å².